The second-order valence-corrected chi connectivity index (χ2v) is 8.29. The molecule has 0 saturated heterocycles. The van der Waals surface area contributed by atoms with E-state index in [-0.39, 0.29) is 17.3 Å². The average Bonchev–Trinajstić information content (AvgIpc) is 2.77. The molecule has 0 aromatic carbocycles. The van der Waals surface area contributed by atoms with Crippen LogP contribution < -0.4 is 0 Å². The van der Waals surface area contributed by atoms with E-state index < -0.39 is 0 Å². The Morgan fingerprint density at radius 1 is 1.46 bits per heavy atom. The van der Waals surface area contributed by atoms with Crippen LogP contribution in [-0.4, -0.2) is 23.5 Å². The van der Waals surface area contributed by atoms with Gasteiger partial charge in [0.25, 0.3) is 0 Å². The van der Waals surface area contributed by atoms with E-state index in [1.54, 1.807) is 6.08 Å². The fourth-order valence-corrected chi connectivity index (χ4v) is 3.38. The SMILES string of the molecule is C\C=C/C=C(Br)\C(C)=N\C[C@@H](C)C1=NC(C)(C)CC2=C1C=CCC=C2F. The first-order chi connectivity index (χ1) is 12.2. The molecule has 4 heteroatoms. The van der Waals surface area contributed by atoms with Gasteiger partial charge in [0.2, 0.25) is 0 Å². The Balaban J connectivity index is 2.30. The second-order valence-electron chi connectivity index (χ2n) is 7.44. The third-order valence-electron chi connectivity index (χ3n) is 4.49. The van der Waals surface area contributed by atoms with E-state index in [4.69, 9.17) is 9.98 Å². The number of hydrogen-bond acceptors (Lipinski definition) is 2. The van der Waals surface area contributed by atoms with Crippen molar-refractivity contribution in [1.29, 1.82) is 0 Å². The maximum absolute atomic E-state index is 14.6. The van der Waals surface area contributed by atoms with Crippen LogP contribution in [-0.2, 0) is 0 Å². The largest absolute Gasteiger partial charge is 0.288 e. The molecule has 1 atom stereocenters. The second kappa shape index (κ2) is 8.90. The zero-order chi connectivity index (χ0) is 19.3. The zero-order valence-corrected chi connectivity index (χ0v) is 17.9. The number of hydrogen-bond donors (Lipinski definition) is 0. The van der Waals surface area contributed by atoms with Crippen LogP contribution in [0.4, 0.5) is 4.39 Å². The van der Waals surface area contributed by atoms with Gasteiger partial charge >= 0.3 is 0 Å². The number of allylic oxidation sites excluding steroid dienone is 9. The third-order valence-corrected chi connectivity index (χ3v) is 5.33. The first kappa shape index (κ1) is 20.8. The van der Waals surface area contributed by atoms with Gasteiger partial charge in [0, 0.05) is 40.4 Å². The van der Waals surface area contributed by atoms with Crippen molar-refractivity contribution in [2.75, 3.05) is 6.54 Å². The molecule has 140 valence electrons. The molecule has 26 heavy (non-hydrogen) atoms. The van der Waals surface area contributed by atoms with Crippen molar-refractivity contribution < 1.29 is 4.39 Å². The van der Waals surface area contributed by atoms with E-state index in [0.717, 1.165) is 27.1 Å². The number of rotatable bonds is 5. The van der Waals surface area contributed by atoms with Gasteiger partial charge in [-0.15, -0.1) is 0 Å². The minimum Gasteiger partial charge on any atom is -0.288 e. The molecule has 0 aromatic heterocycles. The number of nitrogens with zero attached hydrogens (tertiary/aromatic N) is 2. The Hall–Kier alpha value is -1.55. The van der Waals surface area contributed by atoms with Gasteiger partial charge in [-0.05, 0) is 67.8 Å². The lowest BCUT2D eigenvalue weighted by atomic mass is 9.83. The van der Waals surface area contributed by atoms with Crippen LogP contribution in [0.5, 0.6) is 0 Å². The predicted molar refractivity (Wildman–Crippen MR) is 115 cm³/mol. The molecule has 2 aliphatic rings. The van der Waals surface area contributed by atoms with E-state index in [1.165, 1.54) is 0 Å². The summed E-state index contributed by atoms with van der Waals surface area (Å²) in [6.45, 7) is 10.8. The number of dihydropyridines is 1. The van der Waals surface area contributed by atoms with Crippen LogP contribution in [0.2, 0.25) is 0 Å². The maximum Gasteiger partial charge on any atom is 0.123 e. The van der Waals surface area contributed by atoms with Crippen LogP contribution in [0.25, 0.3) is 0 Å². The standard InChI is InChI=1S/C22H28BrFN2/c1-6-7-11-19(23)16(3)25-14-15(2)21-17-10-8-9-12-20(24)18(17)13-22(4,5)26-21/h6-8,10-12,15H,9,13-14H2,1-5H3/b7-6-,19-11+,25-16+/t15-/m1/s1. The minimum absolute atomic E-state index is 0.102. The normalized spacial score (nSPS) is 22.1. The monoisotopic (exact) mass is 418 g/mol. The molecule has 0 radical (unpaired) electrons. The van der Waals surface area contributed by atoms with Crippen molar-refractivity contribution >= 4 is 27.4 Å². The van der Waals surface area contributed by atoms with Crippen molar-refractivity contribution in [1.82, 2.24) is 0 Å². The highest BCUT2D eigenvalue weighted by Gasteiger charge is 2.32. The lowest BCUT2D eigenvalue weighted by molar-refractivity contribution is 0.490. The predicted octanol–water partition coefficient (Wildman–Crippen LogP) is 6.67. The molecule has 0 bridgehead atoms. The highest BCUT2D eigenvalue weighted by molar-refractivity contribution is 9.12. The molecule has 0 N–H and O–H groups in total. The molecular weight excluding hydrogens is 391 g/mol. The Morgan fingerprint density at radius 3 is 2.88 bits per heavy atom. The van der Waals surface area contributed by atoms with Crippen molar-refractivity contribution in [2.24, 2.45) is 15.9 Å². The van der Waals surface area contributed by atoms with Crippen LogP contribution >= 0.6 is 15.9 Å². The summed E-state index contributed by atoms with van der Waals surface area (Å²) >= 11 is 3.55. The summed E-state index contributed by atoms with van der Waals surface area (Å²) in [5.74, 6) is 0.0153. The summed E-state index contributed by atoms with van der Waals surface area (Å²) in [5.41, 5.74) is 3.34. The van der Waals surface area contributed by atoms with Gasteiger partial charge in [-0.3, -0.25) is 9.98 Å². The van der Waals surface area contributed by atoms with Crippen LogP contribution in [0.1, 0.15) is 47.5 Å². The zero-order valence-electron chi connectivity index (χ0n) is 16.3. The highest BCUT2D eigenvalue weighted by Crippen LogP contribution is 2.37. The van der Waals surface area contributed by atoms with Gasteiger partial charge in [0.1, 0.15) is 5.83 Å². The smallest absolute Gasteiger partial charge is 0.123 e. The van der Waals surface area contributed by atoms with Crippen molar-refractivity contribution in [3.63, 3.8) is 0 Å². The molecule has 2 rings (SSSR count). The molecule has 1 aliphatic carbocycles. The lowest BCUT2D eigenvalue weighted by Crippen LogP contribution is -2.31. The van der Waals surface area contributed by atoms with Gasteiger partial charge in [-0.1, -0.05) is 31.2 Å². The molecule has 0 aromatic rings. The molecule has 1 aliphatic heterocycles. The number of halogens is 2. The van der Waals surface area contributed by atoms with Crippen molar-refractivity contribution in [3.8, 4) is 0 Å². The van der Waals surface area contributed by atoms with Gasteiger partial charge < -0.3 is 0 Å². The van der Waals surface area contributed by atoms with Crippen LogP contribution in [0.15, 0.2) is 67.9 Å². The Labute approximate surface area is 165 Å². The molecule has 2 nitrogen and oxygen atoms in total. The van der Waals surface area contributed by atoms with Gasteiger partial charge in [0.05, 0.1) is 5.54 Å². The third kappa shape index (κ3) is 5.23. The van der Waals surface area contributed by atoms with E-state index in [9.17, 15) is 4.39 Å². The van der Waals surface area contributed by atoms with Crippen LogP contribution in [0, 0.1) is 5.92 Å². The number of aliphatic imine (C=N–C) groups is 2. The molecule has 0 saturated carbocycles. The van der Waals surface area contributed by atoms with E-state index in [2.05, 4.69) is 36.7 Å². The van der Waals surface area contributed by atoms with Crippen LogP contribution in [0.3, 0.4) is 0 Å². The average molecular weight is 419 g/mol. The molecular formula is C22H28BrFN2. The van der Waals surface area contributed by atoms with Crippen molar-refractivity contribution in [2.45, 2.75) is 53.0 Å². The summed E-state index contributed by atoms with van der Waals surface area (Å²) in [4.78, 5) is 9.67. The van der Waals surface area contributed by atoms with Gasteiger partial charge in [-0.2, -0.15) is 0 Å². The first-order valence-electron chi connectivity index (χ1n) is 9.11. The topological polar surface area (TPSA) is 24.7 Å². The Bertz CT molecular complexity index is 761. The molecule has 0 fully saturated rings. The summed E-state index contributed by atoms with van der Waals surface area (Å²) in [5, 5.41) is 0. The maximum atomic E-state index is 14.6. The molecule has 0 unspecified atom stereocenters. The van der Waals surface area contributed by atoms with E-state index in [1.807, 2.05) is 44.2 Å². The summed E-state index contributed by atoms with van der Waals surface area (Å²) in [6.07, 6.45) is 12.9. The Morgan fingerprint density at radius 2 is 2.19 bits per heavy atom. The Kier molecular flexibility index (Phi) is 7.10. The summed E-state index contributed by atoms with van der Waals surface area (Å²) in [6, 6.07) is 0. The minimum atomic E-state index is -0.295. The molecule has 0 spiro atoms. The fraction of sp³-hybridized carbons (Fsp3) is 0.455. The molecule has 1 heterocycles. The quantitative estimate of drug-likeness (QED) is 0.351. The van der Waals surface area contributed by atoms with E-state index in [0.29, 0.717) is 19.4 Å². The summed E-state index contributed by atoms with van der Waals surface area (Å²) < 4.78 is 15.5. The van der Waals surface area contributed by atoms with Gasteiger partial charge in [0.15, 0.2) is 0 Å². The fourth-order valence-electron chi connectivity index (χ4n) is 3.10. The first-order valence-corrected chi connectivity index (χ1v) is 9.90. The van der Waals surface area contributed by atoms with Gasteiger partial charge in [-0.25, -0.2) is 4.39 Å². The lowest BCUT2D eigenvalue weighted by Gasteiger charge is -2.31. The van der Waals surface area contributed by atoms with Crippen molar-refractivity contribution in [3.05, 3.63) is 57.9 Å². The summed E-state index contributed by atoms with van der Waals surface area (Å²) in [7, 11) is 0. The highest BCUT2D eigenvalue weighted by atomic mass is 79.9. The van der Waals surface area contributed by atoms with E-state index >= 15 is 0 Å². The molecule has 0 amide bonds.